The van der Waals surface area contributed by atoms with Crippen molar-refractivity contribution in [2.24, 2.45) is 0 Å². The van der Waals surface area contributed by atoms with Gasteiger partial charge in [0.1, 0.15) is 5.75 Å². The molecule has 0 aliphatic carbocycles. The van der Waals surface area contributed by atoms with E-state index in [9.17, 15) is 14.7 Å². The highest BCUT2D eigenvalue weighted by molar-refractivity contribution is 7.21. The Morgan fingerprint density at radius 3 is 2.82 bits per heavy atom. The van der Waals surface area contributed by atoms with Crippen LogP contribution in [0.15, 0.2) is 36.5 Å². The lowest BCUT2D eigenvalue weighted by atomic mass is 10.2. The highest BCUT2D eigenvalue weighted by atomic mass is 32.1. The number of rotatable bonds is 3. The molecule has 2 N–H and O–H groups in total. The largest absolute Gasteiger partial charge is 0.453 e. The number of carbonyl (C=O) groups is 2. The maximum Gasteiger partial charge on any atom is 0.325 e. The molecular weight excluding hydrogens is 447 g/mol. The third kappa shape index (κ3) is 3.61. The molecule has 33 heavy (non-hydrogen) atoms. The number of thiophene rings is 1. The summed E-state index contributed by atoms with van der Waals surface area (Å²) >= 11 is 1.22. The summed E-state index contributed by atoms with van der Waals surface area (Å²) in [5.74, 6) is -0.361. The van der Waals surface area contributed by atoms with Gasteiger partial charge in [-0.2, -0.15) is 0 Å². The Bertz CT molecular complexity index is 1410. The number of β-amino-alcohol motifs (C(OH)–C–C–N with tert-alkyl or cyclic N) is 1. The standard InChI is InChI=1S/C23H21FN4O4S/c1-12-9-14-16(28(12)23(31)25-2)3-4-17(20(14)24)32-18-5-7-26-15-10-19(33-21(15)18)22(30)27-8-6-13(29)11-27/h3-5,7,9-10,13,29H,6,8,11H2,1-2H3,(H,25,31)/t13-/m1/s1. The van der Waals surface area contributed by atoms with Crippen LogP contribution in [0, 0.1) is 12.7 Å². The molecule has 1 aliphatic heterocycles. The van der Waals surface area contributed by atoms with Crippen LogP contribution in [0.25, 0.3) is 21.1 Å². The van der Waals surface area contributed by atoms with E-state index in [-0.39, 0.29) is 23.1 Å². The number of nitrogens with one attached hydrogen (secondary N) is 1. The van der Waals surface area contributed by atoms with E-state index in [1.807, 2.05) is 0 Å². The Balaban J connectivity index is 1.50. The predicted molar refractivity (Wildman–Crippen MR) is 123 cm³/mol. The zero-order chi connectivity index (χ0) is 23.3. The summed E-state index contributed by atoms with van der Waals surface area (Å²) in [4.78, 5) is 31.4. The van der Waals surface area contributed by atoms with Crippen LogP contribution in [0.5, 0.6) is 11.5 Å². The van der Waals surface area contributed by atoms with Gasteiger partial charge in [-0.25, -0.2) is 9.18 Å². The van der Waals surface area contributed by atoms with Crippen LogP contribution in [0.2, 0.25) is 0 Å². The van der Waals surface area contributed by atoms with Gasteiger partial charge in [-0.3, -0.25) is 14.3 Å². The fourth-order valence-electron chi connectivity index (χ4n) is 4.12. The van der Waals surface area contributed by atoms with Gasteiger partial charge in [0, 0.05) is 43.5 Å². The normalized spacial score (nSPS) is 16.0. The van der Waals surface area contributed by atoms with Crippen LogP contribution in [0.4, 0.5) is 9.18 Å². The SMILES string of the molecule is CNC(=O)n1c(C)cc2c(F)c(Oc3ccnc4cc(C(=O)N5CC[C@@H](O)C5)sc34)ccc21. The molecule has 1 aromatic carbocycles. The van der Waals surface area contributed by atoms with Crippen molar-refractivity contribution in [2.45, 2.75) is 19.4 Å². The first-order valence-electron chi connectivity index (χ1n) is 10.4. The summed E-state index contributed by atoms with van der Waals surface area (Å²) in [7, 11) is 1.52. The van der Waals surface area contributed by atoms with Crippen molar-refractivity contribution in [3.8, 4) is 11.5 Å². The number of ether oxygens (including phenoxy) is 1. The van der Waals surface area contributed by atoms with Crippen molar-refractivity contribution in [3.05, 3.63) is 52.9 Å². The topological polar surface area (TPSA) is 96.7 Å². The highest BCUT2D eigenvalue weighted by Gasteiger charge is 2.27. The van der Waals surface area contributed by atoms with E-state index in [1.54, 1.807) is 42.3 Å². The van der Waals surface area contributed by atoms with Gasteiger partial charge in [-0.15, -0.1) is 11.3 Å². The molecule has 0 bridgehead atoms. The molecular formula is C23H21FN4O4S. The fourth-order valence-corrected chi connectivity index (χ4v) is 5.15. The van der Waals surface area contributed by atoms with Crippen LogP contribution >= 0.6 is 11.3 Å². The number of pyridine rings is 1. The summed E-state index contributed by atoms with van der Waals surface area (Å²) in [6, 6.07) is 7.67. The Kier molecular flexibility index (Phi) is 5.26. The molecule has 2 amide bonds. The van der Waals surface area contributed by atoms with E-state index in [0.29, 0.717) is 51.6 Å². The molecule has 4 heterocycles. The van der Waals surface area contributed by atoms with E-state index < -0.39 is 11.9 Å². The van der Waals surface area contributed by atoms with E-state index in [2.05, 4.69) is 10.3 Å². The number of halogens is 1. The molecule has 0 unspecified atom stereocenters. The second-order valence-corrected chi connectivity index (χ2v) is 8.97. The van der Waals surface area contributed by atoms with Crippen LogP contribution in [-0.2, 0) is 0 Å². The monoisotopic (exact) mass is 468 g/mol. The number of fused-ring (bicyclic) bond motifs is 2. The van der Waals surface area contributed by atoms with Crippen molar-refractivity contribution in [1.82, 2.24) is 19.8 Å². The summed E-state index contributed by atoms with van der Waals surface area (Å²) in [6.45, 7) is 2.54. The second kappa shape index (κ2) is 8.13. The Morgan fingerprint density at radius 1 is 1.27 bits per heavy atom. The third-order valence-electron chi connectivity index (χ3n) is 5.74. The first-order chi connectivity index (χ1) is 15.9. The van der Waals surface area contributed by atoms with Crippen molar-refractivity contribution in [1.29, 1.82) is 0 Å². The molecule has 4 aromatic rings. The number of aromatic nitrogens is 2. The van der Waals surface area contributed by atoms with E-state index in [4.69, 9.17) is 4.74 Å². The number of aliphatic hydroxyl groups excluding tert-OH is 1. The molecule has 170 valence electrons. The van der Waals surface area contributed by atoms with Crippen molar-refractivity contribution < 1.29 is 23.8 Å². The molecule has 0 spiro atoms. The number of hydrogen-bond acceptors (Lipinski definition) is 6. The number of aryl methyl sites for hydroxylation is 1. The average molecular weight is 469 g/mol. The summed E-state index contributed by atoms with van der Waals surface area (Å²) in [5, 5.41) is 12.5. The van der Waals surface area contributed by atoms with Gasteiger partial charge in [0.15, 0.2) is 11.6 Å². The molecule has 1 saturated heterocycles. The second-order valence-electron chi connectivity index (χ2n) is 7.92. The minimum atomic E-state index is -0.581. The first-order valence-corrected chi connectivity index (χ1v) is 11.3. The van der Waals surface area contributed by atoms with Crippen LogP contribution in [0.3, 0.4) is 0 Å². The molecule has 3 aromatic heterocycles. The fraction of sp³-hybridized carbons (Fsp3) is 0.261. The number of nitrogens with zero attached hydrogens (tertiary/aromatic N) is 3. The molecule has 0 saturated carbocycles. The Labute approximate surface area is 192 Å². The van der Waals surface area contributed by atoms with Crippen molar-refractivity contribution in [3.63, 3.8) is 0 Å². The van der Waals surface area contributed by atoms with E-state index in [0.717, 1.165) is 0 Å². The van der Waals surface area contributed by atoms with Gasteiger partial charge in [-0.1, -0.05) is 0 Å². The number of amides is 2. The third-order valence-corrected chi connectivity index (χ3v) is 6.87. The van der Waals surface area contributed by atoms with Gasteiger partial charge < -0.3 is 20.1 Å². The quantitative estimate of drug-likeness (QED) is 0.476. The van der Waals surface area contributed by atoms with Crippen LogP contribution < -0.4 is 10.1 Å². The van der Waals surface area contributed by atoms with E-state index in [1.165, 1.54) is 29.0 Å². The van der Waals surface area contributed by atoms with E-state index >= 15 is 4.39 Å². The average Bonchev–Trinajstić information content (AvgIpc) is 3.51. The summed E-state index contributed by atoms with van der Waals surface area (Å²) in [6.07, 6.45) is 1.60. The predicted octanol–water partition coefficient (Wildman–Crippen LogP) is 3.89. The lowest BCUT2D eigenvalue weighted by Gasteiger charge is -2.13. The first kappa shape index (κ1) is 21.4. The minimum absolute atomic E-state index is 0.00741. The number of benzene rings is 1. The van der Waals surface area contributed by atoms with Gasteiger partial charge in [0.2, 0.25) is 0 Å². The molecule has 0 radical (unpaired) electrons. The van der Waals surface area contributed by atoms with Crippen LogP contribution in [0.1, 0.15) is 21.8 Å². The zero-order valence-electron chi connectivity index (χ0n) is 18.0. The maximum atomic E-state index is 15.3. The van der Waals surface area contributed by atoms with Crippen molar-refractivity contribution >= 4 is 44.4 Å². The molecule has 8 nitrogen and oxygen atoms in total. The van der Waals surface area contributed by atoms with Gasteiger partial charge >= 0.3 is 6.03 Å². The molecule has 5 rings (SSSR count). The lowest BCUT2D eigenvalue weighted by molar-refractivity contribution is 0.0769. The summed E-state index contributed by atoms with van der Waals surface area (Å²) < 4.78 is 23.3. The van der Waals surface area contributed by atoms with Gasteiger partial charge in [-0.05, 0) is 37.6 Å². The summed E-state index contributed by atoms with van der Waals surface area (Å²) in [5.41, 5.74) is 1.61. The number of carbonyl (C=O) groups excluding carboxylic acids is 2. The van der Waals surface area contributed by atoms with Crippen LogP contribution in [-0.4, -0.2) is 57.7 Å². The number of aliphatic hydroxyl groups is 1. The van der Waals surface area contributed by atoms with Crippen molar-refractivity contribution in [2.75, 3.05) is 20.1 Å². The zero-order valence-corrected chi connectivity index (χ0v) is 18.8. The molecule has 1 atom stereocenters. The Morgan fingerprint density at radius 2 is 2.09 bits per heavy atom. The number of hydrogen-bond donors (Lipinski definition) is 2. The van der Waals surface area contributed by atoms with Gasteiger partial charge in [0.05, 0.1) is 26.7 Å². The smallest absolute Gasteiger partial charge is 0.325 e. The lowest BCUT2D eigenvalue weighted by Crippen LogP contribution is -2.28. The number of likely N-dealkylation sites (tertiary alicyclic amines) is 1. The highest BCUT2D eigenvalue weighted by Crippen LogP contribution is 2.38. The van der Waals surface area contributed by atoms with Gasteiger partial charge in [0.25, 0.3) is 5.91 Å². The maximum absolute atomic E-state index is 15.3. The minimum Gasteiger partial charge on any atom is -0.453 e. The molecule has 1 aliphatic rings. The molecule has 1 fully saturated rings. The Hall–Kier alpha value is -3.50. The molecule has 10 heteroatoms.